The van der Waals surface area contributed by atoms with Gasteiger partial charge in [-0.15, -0.1) is 0 Å². The first kappa shape index (κ1) is 26.2. The number of nitrogens with one attached hydrogen (secondary N) is 2. The van der Waals surface area contributed by atoms with Gasteiger partial charge >= 0.3 is 0 Å². The van der Waals surface area contributed by atoms with Crippen molar-refractivity contribution < 1.29 is 29.0 Å². The molecule has 2 aromatic rings. The number of hydrogen-bond acceptors (Lipinski definition) is 6. The molecule has 1 saturated carbocycles. The number of carbonyl (C=O) groups excluding carboxylic acids is 4. The molecule has 10 nitrogen and oxygen atoms in total. The molecule has 3 heterocycles. The van der Waals surface area contributed by atoms with Crippen LogP contribution in [0.3, 0.4) is 0 Å². The molecule has 0 radical (unpaired) electrons. The summed E-state index contributed by atoms with van der Waals surface area (Å²) in [7, 11) is 1.55. The van der Waals surface area contributed by atoms with Gasteiger partial charge in [-0.05, 0) is 62.1 Å². The molecule has 1 aromatic heterocycles. The van der Waals surface area contributed by atoms with E-state index in [0.717, 1.165) is 31.1 Å². The van der Waals surface area contributed by atoms with E-state index >= 15 is 0 Å². The number of fused-ring (bicyclic) bond motifs is 2. The molecule has 3 fully saturated rings. The van der Waals surface area contributed by atoms with E-state index in [0.29, 0.717) is 30.7 Å². The van der Waals surface area contributed by atoms with Crippen LogP contribution < -0.4 is 15.8 Å². The topological polar surface area (TPSA) is 155 Å². The monoisotopic (exact) mass is 524 g/mol. The van der Waals surface area contributed by atoms with Gasteiger partial charge in [0.05, 0.1) is 13.0 Å². The summed E-state index contributed by atoms with van der Waals surface area (Å²) >= 11 is 0. The van der Waals surface area contributed by atoms with Crippen LogP contribution in [0.25, 0.3) is 10.9 Å². The second-order valence-corrected chi connectivity index (χ2v) is 10.9. The first-order valence-electron chi connectivity index (χ1n) is 13.5. The van der Waals surface area contributed by atoms with Crippen molar-refractivity contribution in [1.82, 2.24) is 15.2 Å². The zero-order valence-corrected chi connectivity index (χ0v) is 21.7. The van der Waals surface area contributed by atoms with Crippen molar-refractivity contribution in [2.75, 3.05) is 26.8 Å². The average Bonchev–Trinajstić information content (AvgIpc) is 3.52. The number of primary amides is 1. The minimum atomic E-state index is -1.64. The van der Waals surface area contributed by atoms with Gasteiger partial charge in [-0.2, -0.15) is 0 Å². The standard InChI is InChI=1S/C28H36N4O6/c1-38-24-10-4-9-21-18(24)13-22(31-21)26(36)32-14-17-6-2-3-8-19(17)28(32,27(29)37)20(23(34)15-33)12-16-7-5-11-30-25(16)35/h4,9-10,13,16-17,19-20,31,33H,2-3,5-8,11-12,14-15H2,1H3,(H2,29,37)(H,30,35)/t16-,17?,19?,20+,28?/m0/s1. The molecule has 10 heteroatoms. The Morgan fingerprint density at radius 3 is 2.71 bits per heavy atom. The Morgan fingerprint density at radius 1 is 1.21 bits per heavy atom. The lowest BCUT2D eigenvalue weighted by Crippen LogP contribution is -2.66. The lowest BCUT2D eigenvalue weighted by Gasteiger charge is -2.46. The predicted octanol–water partition coefficient (Wildman–Crippen LogP) is 1.76. The minimum Gasteiger partial charge on any atom is -0.496 e. The van der Waals surface area contributed by atoms with Crippen molar-refractivity contribution in [1.29, 1.82) is 0 Å². The molecular formula is C28H36N4O6. The molecule has 3 unspecified atom stereocenters. The van der Waals surface area contributed by atoms with Crippen LogP contribution in [-0.2, 0) is 14.4 Å². The molecule has 3 amide bonds. The summed E-state index contributed by atoms with van der Waals surface area (Å²) in [6.45, 7) is 0.0517. The molecule has 0 bridgehead atoms. The number of benzene rings is 1. The molecule has 2 aliphatic heterocycles. The fraction of sp³-hybridized carbons (Fsp3) is 0.571. The number of aromatic amines is 1. The van der Waals surface area contributed by atoms with Gasteiger partial charge in [0.2, 0.25) is 11.8 Å². The number of hydrogen-bond donors (Lipinski definition) is 4. The number of H-pyrrole nitrogens is 1. The van der Waals surface area contributed by atoms with Gasteiger partial charge in [0.1, 0.15) is 23.6 Å². The van der Waals surface area contributed by atoms with Crippen LogP contribution in [0.5, 0.6) is 5.75 Å². The van der Waals surface area contributed by atoms with Crippen LogP contribution in [-0.4, -0.2) is 70.8 Å². The lowest BCUT2D eigenvalue weighted by atomic mass is 9.63. The number of rotatable bonds is 8. The Bertz CT molecular complexity index is 1260. The van der Waals surface area contributed by atoms with Gasteiger partial charge in [0.25, 0.3) is 5.91 Å². The Balaban J connectivity index is 1.63. The zero-order valence-electron chi connectivity index (χ0n) is 21.7. The first-order valence-corrected chi connectivity index (χ1v) is 13.5. The maximum atomic E-state index is 14.2. The van der Waals surface area contributed by atoms with Crippen LogP contribution in [0.4, 0.5) is 0 Å². The largest absolute Gasteiger partial charge is 0.496 e. The van der Waals surface area contributed by atoms with E-state index < -0.39 is 41.6 Å². The molecule has 3 aliphatic rings. The average molecular weight is 525 g/mol. The Morgan fingerprint density at radius 2 is 2.00 bits per heavy atom. The molecule has 1 aromatic carbocycles. The number of methoxy groups -OCH3 is 1. The van der Waals surface area contributed by atoms with E-state index in [1.54, 1.807) is 19.2 Å². The summed E-state index contributed by atoms with van der Waals surface area (Å²) in [4.78, 5) is 58.7. The third kappa shape index (κ3) is 4.15. The molecular weight excluding hydrogens is 488 g/mol. The number of amides is 3. The molecule has 0 spiro atoms. The highest BCUT2D eigenvalue weighted by Crippen LogP contribution is 2.52. The summed E-state index contributed by atoms with van der Waals surface area (Å²) in [5.41, 5.74) is 5.53. The van der Waals surface area contributed by atoms with Gasteiger partial charge in [0.15, 0.2) is 5.78 Å². The third-order valence-corrected chi connectivity index (χ3v) is 9.05. The van der Waals surface area contributed by atoms with Crippen LogP contribution in [0.15, 0.2) is 24.3 Å². The van der Waals surface area contributed by atoms with Crippen molar-refractivity contribution in [3.05, 3.63) is 30.0 Å². The van der Waals surface area contributed by atoms with Crippen LogP contribution >= 0.6 is 0 Å². The molecule has 5 atom stereocenters. The van der Waals surface area contributed by atoms with Gasteiger partial charge in [-0.1, -0.05) is 18.9 Å². The van der Waals surface area contributed by atoms with Gasteiger partial charge in [0, 0.05) is 29.9 Å². The van der Waals surface area contributed by atoms with Crippen molar-refractivity contribution in [2.45, 2.75) is 50.5 Å². The number of ketones is 1. The zero-order chi connectivity index (χ0) is 27.0. The number of aliphatic hydroxyl groups is 1. The maximum absolute atomic E-state index is 14.2. The van der Waals surface area contributed by atoms with E-state index in [1.165, 1.54) is 4.90 Å². The van der Waals surface area contributed by atoms with Gasteiger partial charge < -0.3 is 30.8 Å². The summed E-state index contributed by atoms with van der Waals surface area (Å²) < 4.78 is 5.45. The highest BCUT2D eigenvalue weighted by Gasteiger charge is 2.65. The highest BCUT2D eigenvalue weighted by molar-refractivity contribution is 6.04. The molecule has 5 rings (SSSR count). The van der Waals surface area contributed by atoms with Crippen molar-refractivity contribution in [2.24, 2.45) is 29.4 Å². The molecule has 5 N–H and O–H groups in total. The number of nitrogens with two attached hydrogens (primary N) is 1. The van der Waals surface area contributed by atoms with Crippen molar-refractivity contribution >= 4 is 34.4 Å². The molecule has 2 saturated heterocycles. The van der Waals surface area contributed by atoms with Crippen molar-refractivity contribution in [3.63, 3.8) is 0 Å². The third-order valence-electron chi connectivity index (χ3n) is 9.05. The molecule has 204 valence electrons. The summed E-state index contributed by atoms with van der Waals surface area (Å²) in [6.07, 6.45) is 4.65. The fourth-order valence-electron chi connectivity index (χ4n) is 7.35. The lowest BCUT2D eigenvalue weighted by molar-refractivity contribution is -0.146. The molecule has 38 heavy (non-hydrogen) atoms. The second kappa shape index (κ2) is 10.4. The Hall–Kier alpha value is -3.40. The van der Waals surface area contributed by atoms with Gasteiger partial charge in [-0.25, -0.2) is 0 Å². The summed E-state index contributed by atoms with van der Waals surface area (Å²) in [5, 5.41) is 13.6. The minimum absolute atomic E-state index is 0.00621. The number of piperidine rings is 1. The first-order chi connectivity index (χ1) is 18.3. The van der Waals surface area contributed by atoms with Crippen LogP contribution in [0, 0.1) is 23.7 Å². The number of aliphatic hydroxyl groups excluding tert-OH is 1. The number of carbonyl (C=O) groups is 4. The number of nitrogens with zero attached hydrogens (tertiary/aromatic N) is 1. The predicted molar refractivity (Wildman–Crippen MR) is 139 cm³/mol. The van der Waals surface area contributed by atoms with Crippen LogP contribution in [0.1, 0.15) is 55.4 Å². The van der Waals surface area contributed by atoms with E-state index in [-0.39, 0.29) is 36.4 Å². The second-order valence-electron chi connectivity index (χ2n) is 10.9. The van der Waals surface area contributed by atoms with E-state index in [1.807, 2.05) is 12.1 Å². The summed E-state index contributed by atoms with van der Waals surface area (Å²) in [6, 6.07) is 7.14. The quantitative estimate of drug-likeness (QED) is 0.412. The van der Waals surface area contributed by atoms with Crippen molar-refractivity contribution in [3.8, 4) is 5.75 Å². The number of Topliss-reactive ketones (excluding diaryl/α,β-unsaturated/α-hetero) is 1. The van der Waals surface area contributed by atoms with E-state index in [2.05, 4.69) is 10.3 Å². The Labute approximate surface area is 221 Å². The summed E-state index contributed by atoms with van der Waals surface area (Å²) in [5.74, 6) is -3.25. The normalized spacial score (nSPS) is 28.0. The molecule has 1 aliphatic carbocycles. The SMILES string of the molecule is COc1cccc2[nH]c(C(=O)N3CC4CCCCC4C3(C(N)=O)[C@H](C[C@@H]3CCCNC3=O)C(=O)CO)cc12. The Kier molecular flexibility index (Phi) is 7.17. The van der Waals surface area contributed by atoms with E-state index in [9.17, 15) is 24.3 Å². The highest BCUT2D eigenvalue weighted by atomic mass is 16.5. The van der Waals surface area contributed by atoms with Crippen LogP contribution in [0.2, 0.25) is 0 Å². The maximum Gasteiger partial charge on any atom is 0.271 e. The smallest absolute Gasteiger partial charge is 0.271 e. The number of aromatic nitrogens is 1. The van der Waals surface area contributed by atoms with E-state index in [4.69, 9.17) is 10.5 Å². The van der Waals surface area contributed by atoms with Gasteiger partial charge in [-0.3, -0.25) is 19.2 Å². The number of likely N-dealkylation sites (tertiary alicyclic amines) is 1. The fourth-order valence-corrected chi connectivity index (χ4v) is 7.35. The number of ether oxygens (including phenoxy) is 1.